The van der Waals surface area contributed by atoms with Crippen molar-refractivity contribution in [2.75, 3.05) is 0 Å². The summed E-state index contributed by atoms with van der Waals surface area (Å²) in [5.74, 6) is -0.743. The van der Waals surface area contributed by atoms with Crippen LogP contribution in [0.5, 0.6) is 0 Å². The highest BCUT2D eigenvalue weighted by molar-refractivity contribution is 6.04. The predicted molar refractivity (Wildman–Crippen MR) is 114 cm³/mol. The Hall–Kier alpha value is -4.12. The van der Waals surface area contributed by atoms with Crippen molar-refractivity contribution in [2.45, 2.75) is 25.3 Å². The first-order chi connectivity index (χ1) is 15.8. The van der Waals surface area contributed by atoms with Crippen LogP contribution in [0.4, 0.5) is 13.2 Å². The van der Waals surface area contributed by atoms with Crippen molar-refractivity contribution >= 4 is 11.8 Å². The minimum absolute atomic E-state index is 0.0155. The molecule has 2 amide bonds. The monoisotopic (exact) mass is 449 g/mol. The molecule has 0 saturated heterocycles. The number of benzene rings is 3. The molecule has 0 fully saturated rings. The molecule has 8 heteroatoms. The first-order valence-corrected chi connectivity index (χ1v) is 10.1. The summed E-state index contributed by atoms with van der Waals surface area (Å²) in [5.41, 5.74) is 1.86. The van der Waals surface area contributed by atoms with Gasteiger partial charge in [-0.05, 0) is 47.0 Å². The standard InChI is InChI=1S/C25H18F3N3O2/c26-25(27,28)19-10-8-16(9-11-19)14-30-23(32)22-20-6-1-2-7-21(20)24(33)31(22)15-18-5-3-4-17(12-18)13-29/h1-12,22H,14-15H2,(H,30,32). The Morgan fingerprint density at radius 2 is 1.73 bits per heavy atom. The molecule has 1 aliphatic rings. The number of amides is 2. The lowest BCUT2D eigenvalue weighted by atomic mass is 10.0. The summed E-state index contributed by atoms with van der Waals surface area (Å²) in [6, 6.07) is 19.3. The van der Waals surface area contributed by atoms with Crippen molar-refractivity contribution in [3.8, 4) is 6.07 Å². The lowest BCUT2D eigenvalue weighted by molar-refractivity contribution is -0.137. The Kier molecular flexibility index (Phi) is 5.88. The van der Waals surface area contributed by atoms with Crippen LogP contribution in [-0.4, -0.2) is 16.7 Å². The molecule has 0 saturated carbocycles. The molecule has 0 radical (unpaired) electrons. The number of alkyl halides is 3. The summed E-state index contributed by atoms with van der Waals surface area (Å²) in [5, 5.41) is 11.9. The number of nitrogens with zero attached hydrogens (tertiary/aromatic N) is 2. The molecule has 3 aromatic carbocycles. The van der Waals surface area contributed by atoms with E-state index in [1.54, 1.807) is 48.5 Å². The average molecular weight is 449 g/mol. The molecule has 1 atom stereocenters. The largest absolute Gasteiger partial charge is 0.416 e. The zero-order valence-corrected chi connectivity index (χ0v) is 17.3. The van der Waals surface area contributed by atoms with Gasteiger partial charge in [-0.15, -0.1) is 0 Å². The Bertz CT molecular complexity index is 1250. The summed E-state index contributed by atoms with van der Waals surface area (Å²) in [7, 11) is 0. The van der Waals surface area contributed by atoms with Gasteiger partial charge in [0.05, 0.1) is 17.2 Å². The molecule has 1 aliphatic heterocycles. The molecule has 1 N–H and O–H groups in total. The number of nitrogens with one attached hydrogen (secondary N) is 1. The van der Waals surface area contributed by atoms with Crippen LogP contribution >= 0.6 is 0 Å². The van der Waals surface area contributed by atoms with E-state index in [9.17, 15) is 22.8 Å². The summed E-state index contributed by atoms with van der Waals surface area (Å²) >= 11 is 0. The molecule has 166 valence electrons. The second-order valence-electron chi connectivity index (χ2n) is 7.65. The van der Waals surface area contributed by atoms with Gasteiger partial charge in [-0.3, -0.25) is 9.59 Å². The van der Waals surface area contributed by atoms with Gasteiger partial charge in [0.1, 0.15) is 6.04 Å². The third-order valence-electron chi connectivity index (χ3n) is 5.46. The SMILES string of the molecule is N#Cc1cccc(CN2C(=O)c3ccccc3C2C(=O)NCc2ccc(C(F)(F)F)cc2)c1. The van der Waals surface area contributed by atoms with E-state index in [0.717, 1.165) is 12.1 Å². The minimum atomic E-state index is -4.43. The minimum Gasteiger partial charge on any atom is -0.350 e. The van der Waals surface area contributed by atoms with Crippen LogP contribution in [0.1, 0.15) is 44.2 Å². The van der Waals surface area contributed by atoms with Crippen LogP contribution in [0, 0.1) is 11.3 Å². The molecule has 33 heavy (non-hydrogen) atoms. The van der Waals surface area contributed by atoms with Gasteiger partial charge in [0.25, 0.3) is 5.91 Å². The first kappa shape index (κ1) is 22.1. The highest BCUT2D eigenvalue weighted by atomic mass is 19.4. The van der Waals surface area contributed by atoms with Crippen LogP contribution in [-0.2, 0) is 24.1 Å². The van der Waals surface area contributed by atoms with E-state index < -0.39 is 23.7 Å². The fourth-order valence-corrected chi connectivity index (χ4v) is 3.85. The van der Waals surface area contributed by atoms with Crippen molar-refractivity contribution in [1.82, 2.24) is 10.2 Å². The molecule has 4 rings (SSSR count). The fourth-order valence-electron chi connectivity index (χ4n) is 3.85. The maximum Gasteiger partial charge on any atom is 0.416 e. The van der Waals surface area contributed by atoms with Crippen LogP contribution in [0.25, 0.3) is 0 Å². The fraction of sp³-hybridized carbons (Fsp3) is 0.160. The van der Waals surface area contributed by atoms with E-state index in [1.807, 2.05) is 0 Å². The normalized spacial score (nSPS) is 15.2. The molecule has 3 aromatic rings. The summed E-state index contributed by atoms with van der Waals surface area (Å²) in [6.07, 6.45) is -4.43. The van der Waals surface area contributed by atoms with E-state index in [4.69, 9.17) is 5.26 Å². The molecule has 0 aromatic heterocycles. The van der Waals surface area contributed by atoms with Gasteiger partial charge >= 0.3 is 6.18 Å². The second-order valence-corrected chi connectivity index (χ2v) is 7.65. The maximum atomic E-state index is 13.1. The van der Waals surface area contributed by atoms with Gasteiger partial charge in [0.2, 0.25) is 5.91 Å². The van der Waals surface area contributed by atoms with E-state index in [0.29, 0.717) is 27.8 Å². The van der Waals surface area contributed by atoms with Crippen molar-refractivity contribution in [1.29, 1.82) is 5.26 Å². The topological polar surface area (TPSA) is 73.2 Å². The number of hydrogen-bond acceptors (Lipinski definition) is 3. The molecule has 1 unspecified atom stereocenters. The zero-order chi connectivity index (χ0) is 23.6. The van der Waals surface area contributed by atoms with E-state index in [2.05, 4.69) is 11.4 Å². The van der Waals surface area contributed by atoms with Crippen molar-refractivity contribution < 1.29 is 22.8 Å². The molecule has 0 bridgehead atoms. The second kappa shape index (κ2) is 8.79. The number of halogens is 3. The summed E-state index contributed by atoms with van der Waals surface area (Å²) in [6.45, 7) is 0.142. The quantitative estimate of drug-likeness (QED) is 0.619. The molecular weight excluding hydrogens is 431 g/mol. The van der Waals surface area contributed by atoms with E-state index in [1.165, 1.54) is 17.0 Å². The van der Waals surface area contributed by atoms with Crippen LogP contribution in [0.15, 0.2) is 72.8 Å². The van der Waals surface area contributed by atoms with Crippen molar-refractivity contribution in [2.24, 2.45) is 0 Å². The molecule has 1 heterocycles. The Labute approximate surface area is 188 Å². The molecule has 0 spiro atoms. The third-order valence-corrected chi connectivity index (χ3v) is 5.46. The number of rotatable bonds is 5. The van der Waals surface area contributed by atoms with Crippen LogP contribution in [0.2, 0.25) is 0 Å². The van der Waals surface area contributed by atoms with E-state index in [-0.39, 0.29) is 19.0 Å². The average Bonchev–Trinajstić information content (AvgIpc) is 3.09. The third kappa shape index (κ3) is 4.58. The number of carbonyl (C=O) groups excluding carboxylic acids is 2. The molecule has 0 aliphatic carbocycles. The summed E-state index contributed by atoms with van der Waals surface area (Å²) < 4.78 is 38.3. The first-order valence-electron chi connectivity index (χ1n) is 10.1. The van der Waals surface area contributed by atoms with Gasteiger partial charge < -0.3 is 10.2 Å². The zero-order valence-electron chi connectivity index (χ0n) is 17.3. The maximum absolute atomic E-state index is 13.1. The van der Waals surface area contributed by atoms with Gasteiger partial charge in [0.15, 0.2) is 0 Å². The number of nitriles is 1. The van der Waals surface area contributed by atoms with Gasteiger partial charge in [0, 0.05) is 18.7 Å². The molecule has 5 nitrogen and oxygen atoms in total. The highest BCUT2D eigenvalue weighted by Gasteiger charge is 2.40. The smallest absolute Gasteiger partial charge is 0.350 e. The lowest BCUT2D eigenvalue weighted by Crippen LogP contribution is -2.38. The van der Waals surface area contributed by atoms with Crippen molar-refractivity contribution in [3.63, 3.8) is 0 Å². The Morgan fingerprint density at radius 3 is 2.42 bits per heavy atom. The highest BCUT2D eigenvalue weighted by Crippen LogP contribution is 2.35. The number of fused-ring (bicyclic) bond motifs is 1. The number of hydrogen-bond donors (Lipinski definition) is 1. The van der Waals surface area contributed by atoms with Gasteiger partial charge in [-0.2, -0.15) is 18.4 Å². The lowest BCUT2D eigenvalue weighted by Gasteiger charge is -2.25. The van der Waals surface area contributed by atoms with Gasteiger partial charge in [-0.1, -0.05) is 42.5 Å². The van der Waals surface area contributed by atoms with Gasteiger partial charge in [-0.25, -0.2) is 0 Å². The molecular formula is C25H18F3N3O2. The summed E-state index contributed by atoms with van der Waals surface area (Å²) in [4.78, 5) is 27.6. The Balaban J connectivity index is 1.55. The van der Waals surface area contributed by atoms with E-state index >= 15 is 0 Å². The van der Waals surface area contributed by atoms with Crippen LogP contribution in [0.3, 0.4) is 0 Å². The predicted octanol–water partition coefficient (Wildman–Crippen LogP) is 4.59. The van der Waals surface area contributed by atoms with Crippen molar-refractivity contribution in [3.05, 3.63) is 106 Å². The van der Waals surface area contributed by atoms with Crippen LogP contribution < -0.4 is 5.32 Å². The number of carbonyl (C=O) groups is 2. The Morgan fingerprint density at radius 1 is 1.00 bits per heavy atom.